The number of aryl methyl sites for hydroxylation is 1. The summed E-state index contributed by atoms with van der Waals surface area (Å²) in [6.07, 6.45) is 2.18. The van der Waals surface area contributed by atoms with E-state index in [4.69, 9.17) is 0 Å². The summed E-state index contributed by atoms with van der Waals surface area (Å²) in [5, 5.41) is 3.66. The summed E-state index contributed by atoms with van der Waals surface area (Å²) in [6, 6.07) is 26.7. The minimum absolute atomic E-state index is 0.391. The van der Waals surface area contributed by atoms with Crippen LogP contribution >= 0.6 is 0 Å². The van der Waals surface area contributed by atoms with Gasteiger partial charge < -0.3 is 5.32 Å². The summed E-state index contributed by atoms with van der Waals surface area (Å²) in [7, 11) is 0. The van der Waals surface area contributed by atoms with Gasteiger partial charge in [0.25, 0.3) is 0 Å². The first kappa shape index (κ1) is 14.1. The zero-order valence-electron chi connectivity index (χ0n) is 13.4. The van der Waals surface area contributed by atoms with Gasteiger partial charge in [0.1, 0.15) is 0 Å². The Labute approximate surface area is 138 Å². The third-order valence-electron chi connectivity index (χ3n) is 4.75. The highest BCUT2D eigenvalue weighted by atomic mass is 14.9. The van der Waals surface area contributed by atoms with Crippen LogP contribution in [0.2, 0.25) is 0 Å². The molecule has 23 heavy (non-hydrogen) atoms. The van der Waals surface area contributed by atoms with E-state index in [0.29, 0.717) is 6.04 Å². The molecule has 1 aliphatic heterocycles. The van der Waals surface area contributed by atoms with Crippen molar-refractivity contribution in [1.82, 2.24) is 0 Å². The largest absolute Gasteiger partial charge is 0.378 e. The Bertz CT molecular complexity index is 803. The van der Waals surface area contributed by atoms with Gasteiger partial charge in [-0.25, -0.2) is 0 Å². The van der Waals surface area contributed by atoms with Crippen LogP contribution in [-0.4, -0.2) is 0 Å². The summed E-state index contributed by atoms with van der Waals surface area (Å²) >= 11 is 0. The number of hydrogen-bond acceptors (Lipinski definition) is 1. The molecule has 1 N–H and O–H groups in total. The maximum Gasteiger partial charge on any atom is 0.0555 e. The van der Waals surface area contributed by atoms with Crippen LogP contribution in [0.3, 0.4) is 0 Å². The van der Waals surface area contributed by atoms with Gasteiger partial charge in [0.15, 0.2) is 0 Å². The predicted octanol–water partition coefficient (Wildman–Crippen LogP) is 5.63. The highest BCUT2D eigenvalue weighted by molar-refractivity contribution is 5.64. The quantitative estimate of drug-likeness (QED) is 0.661. The monoisotopic (exact) mass is 299 g/mol. The summed E-state index contributed by atoms with van der Waals surface area (Å²) in [5.74, 6) is 0. The lowest BCUT2D eigenvalue weighted by molar-refractivity contribution is 0.824. The van der Waals surface area contributed by atoms with Crippen molar-refractivity contribution < 1.29 is 0 Å². The predicted molar refractivity (Wildman–Crippen MR) is 97.8 cm³/mol. The Morgan fingerprint density at radius 3 is 2.35 bits per heavy atom. The first-order valence-corrected chi connectivity index (χ1v) is 8.37. The Kier molecular flexibility index (Phi) is 3.63. The van der Waals surface area contributed by atoms with Crippen molar-refractivity contribution in [3.05, 3.63) is 89.5 Å². The molecule has 0 amide bonds. The number of fused-ring (bicyclic) bond motifs is 1. The van der Waals surface area contributed by atoms with Gasteiger partial charge >= 0.3 is 0 Å². The summed E-state index contributed by atoms with van der Waals surface area (Å²) in [5.41, 5.74) is 8.07. The zero-order valence-corrected chi connectivity index (χ0v) is 13.4. The van der Waals surface area contributed by atoms with E-state index in [2.05, 4.69) is 85.0 Å². The second kappa shape index (κ2) is 5.92. The first-order valence-electron chi connectivity index (χ1n) is 8.37. The molecule has 0 fully saturated rings. The van der Waals surface area contributed by atoms with E-state index < -0.39 is 0 Å². The fraction of sp³-hybridized carbons (Fsp3) is 0.182. The number of nitrogens with one attached hydrogen (secondary N) is 1. The molecule has 0 aliphatic carbocycles. The summed E-state index contributed by atoms with van der Waals surface area (Å²) < 4.78 is 0. The number of benzene rings is 3. The molecule has 3 aromatic carbocycles. The maximum atomic E-state index is 3.66. The molecule has 3 aromatic rings. The van der Waals surface area contributed by atoms with Crippen molar-refractivity contribution in [1.29, 1.82) is 0 Å². The highest BCUT2D eigenvalue weighted by Crippen LogP contribution is 2.35. The van der Waals surface area contributed by atoms with Crippen LogP contribution in [0.25, 0.3) is 11.1 Å². The van der Waals surface area contributed by atoms with Crippen LogP contribution in [0.1, 0.15) is 29.7 Å². The van der Waals surface area contributed by atoms with Gasteiger partial charge in [0, 0.05) is 5.69 Å². The fourth-order valence-electron chi connectivity index (χ4n) is 3.37. The van der Waals surface area contributed by atoms with Gasteiger partial charge in [0.05, 0.1) is 6.04 Å². The van der Waals surface area contributed by atoms with E-state index in [1.807, 2.05) is 0 Å². The average molecular weight is 299 g/mol. The second-order valence-electron chi connectivity index (χ2n) is 6.23. The Morgan fingerprint density at radius 2 is 1.61 bits per heavy atom. The van der Waals surface area contributed by atoms with Crippen LogP contribution in [-0.2, 0) is 12.8 Å². The third-order valence-corrected chi connectivity index (χ3v) is 4.75. The van der Waals surface area contributed by atoms with Gasteiger partial charge in [-0.15, -0.1) is 0 Å². The normalized spacial score (nSPS) is 16.0. The molecule has 114 valence electrons. The lowest BCUT2D eigenvalue weighted by atomic mass is 9.98. The minimum Gasteiger partial charge on any atom is -0.378 e. The third kappa shape index (κ3) is 2.75. The van der Waals surface area contributed by atoms with E-state index in [0.717, 1.165) is 12.8 Å². The molecular formula is C22H21N. The molecule has 0 saturated carbocycles. The van der Waals surface area contributed by atoms with E-state index in [1.165, 1.54) is 33.5 Å². The molecule has 0 spiro atoms. The molecular weight excluding hydrogens is 278 g/mol. The van der Waals surface area contributed by atoms with E-state index in [9.17, 15) is 0 Å². The Balaban J connectivity index is 1.56. The molecule has 0 radical (unpaired) electrons. The van der Waals surface area contributed by atoms with Crippen LogP contribution in [0, 0.1) is 0 Å². The van der Waals surface area contributed by atoms with Gasteiger partial charge in [-0.05, 0) is 46.7 Å². The van der Waals surface area contributed by atoms with E-state index in [1.54, 1.807) is 0 Å². The number of rotatable bonds is 3. The highest BCUT2D eigenvalue weighted by Gasteiger charge is 2.21. The number of hydrogen-bond donors (Lipinski definition) is 1. The Morgan fingerprint density at radius 1 is 0.870 bits per heavy atom. The molecule has 1 unspecified atom stereocenters. The van der Waals surface area contributed by atoms with Gasteiger partial charge in [-0.1, -0.05) is 73.7 Å². The second-order valence-corrected chi connectivity index (χ2v) is 6.23. The number of anilines is 1. The molecule has 1 heteroatoms. The molecule has 1 heterocycles. The van der Waals surface area contributed by atoms with Crippen molar-refractivity contribution in [3.63, 3.8) is 0 Å². The van der Waals surface area contributed by atoms with Crippen molar-refractivity contribution >= 4 is 5.69 Å². The molecule has 1 aliphatic rings. The van der Waals surface area contributed by atoms with Crippen molar-refractivity contribution in [2.45, 2.75) is 25.8 Å². The van der Waals surface area contributed by atoms with Crippen molar-refractivity contribution in [3.8, 4) is 11.1 Å². The van der Waals surface area contributed by atoms with Crippen LogP contribution in [0.4, 0.5) is 5.69 Å². The standard InChI is InChI=1S/C22H21N/c1-2-16-8-13-21-20(14-16)15-22(23-21)19-11-9-18(10-12-19)17-6-4-3-5-7-17/h3-14,22-23H,2,15H2,1H3. The maximum absolute atomic E-state index is 3.66. The minimum atomic E-state index is 0.391. The fourth-order valence-corrected chi connectivity index (χ4v) is 3.37. The van der Waals surface area contributed by atoms with Crippen LogP contribution in [0.5, 0.6) is 0 Å². The van der Waals surface area contributed by atoms with E-state index >= 15 is 0 Å². The van der Waals surface area contributed by atoms with Crippen molar-refractivity contribution in [2.24, 2.45) is 0 Å². The zero-order chi connectivity index (χ0) is 15.6. The van der Waals surface area contributed by atoms with Crippen LogP contribution < -0.4 is 5.32 Å². The topological polar surface area (TPSA) is 12.0 Å². The first-order chi connectivity index (χ1) is 11.3. The van der Waals surface area contributed by atoms with E-state index in [-0.39, 0.29) is 0 Å². The summed E-state index contributed by atoms with van der Waals surface area (Å²) in [4.78, 5) is 0. The molecule has 0 aromatic heterocycles. The van der Waals surface area contributed by atoms with Gasteiger partial charge in [-0.2, -0.15) is 0 Å². The molecule has 1 atom stereocenters. The smallest absolute Gasteiger partial charge is 0.0555 e. The average Bonchev–Trinajstić information content (AvgIpc) is 3.05. The molecule has 0 bridgehead atoms. The summed E-state index contributed by atoms with van der Waals surface area (Å²) in [6.45, 7) is 2.21. The van der Waals surface area contributed by atoms with Gasteiger partial charge in [-0.3, -0.25) is 0 Å². The van der Waals surface area contributed by atoms with Crippen LogP contribution in [0.15, 0.2) is 72.8 Å². The molecule has 0 saturated heterocycles. The lowest BCUT2D eigenvalue weighted by Gasteiger charge is -2.12. The SMILES string of the molecule is CCc1ccc2c(c1)CC(c1ccc(-c3ccccc3)cc1)N2. The Hall–Kier alpha value is -2.54. The molecule has 1 nitrogen and oxygen atoms in total. The van der Waals surface area contributed by atoms with Gasteiger partial charge in [0.2, 0.25) is 0 Å². The van der Waals surface area contributed by atoms with Crippen molar-refractivity contribution in [2.75, 3.05) is 5.32 Å². The lowest BCUT2D eigenvalue weighted by Crippen LogP contribution is -2.05. The molecule has 4 rings (SSSR count).